The Kier molecular flexibility index (Phi) is 9.29. The summed E-state index contributed by atoms with van der Waals surface area (Å²) in [5.41, 5.74) is 6.15. The zero-order chi connectivity index (χ0) is 23.0. The number of hydrogen-bond donors (Lipinski definition) is 3. The number of aliphatic hydroxyl groups excluding tert-OH is 1. The van der Waals surface area contributed by atoms with Crippen LogP contribution in [0.5, 0.6) is 5.75 Å². The molecule has 1 atom stereocenters. The fraction of sp³-hybridized carbons (Fsp3) is 0.389. The molecule has 0 saturated heterocycles. The lowest BCUT2D eigenvalue weighted by molar-refractivity contribution is 0.250. The predicted octanol–water partition coefficient (Wildman–Crippen LogP) is 2.39. The molecule has 2 rings (SSSR count). The number of nitrogens with zero attached hydrogens (tertiary/aromatic N) is 4. The van der Waals surface area contributed by atoms with E-state index in [1.165, 1.54) is 35.6 Å². The first kappa shape index (κ1) is 25.1. The van der Waals surface area contributed by atoms with Crippen LogP contribution in [0.3, 0.4) is 0 Å². The Bertz CT molecular complexity index is 1020. The van der Waals surface area contributed by atoms with Crippen molar-refractivity contribution in [1.29, 1.82) is 0 Å². The van der Waals surface area contributed by atoms with Gasteiger partial charge < -0.3 is 25.8 Å². The average Bonchev–Trinajstić information content (AvgIpc) is 2.71. The molecule has 0 fully saturated rings. The summed E-state index contributed by atoms with van der Waals surface area (Å²) in [7, 11) is -0.616. The minimum absolute atomic E-state index is 0.0730. The van der Waals surface area contributed by atoms with Gasteiger partial charge in [-0.1, -0.05) is 0 Å². The number of nitrogen functional groups attached to an aromatic ring is 1. The summed E-state index contributed by atoms with van der Waals surface area (Å²) < 4.78 is 34.9. The minimum atomic E-state index is -3.95. The lowest BCUT2D eigenvalue weighted by Crippen LogP contribution is -2.25. The van der Waals surface area contributed by atoms with Gasteiger partial charge in [-0.2, -0.15) is 13.4 Å². The molecule has 0 radical (unpaired) electrons. The second kappa shape index (κ2) is 11.5. The molecule has 0 bridgehead atoms. The molecule has 4 N–H and O–H groups in total. The van der Waals surface area contributed by atoms with E-state index in [4.69, 9.17) is 22.1 Å². The number of halogens is 2. The molecule has 10 nitrogen and oxygen atoms in total. The van der Waals surface area contributed by atoms with Crippen molar-refractivity contribution in [2.75, 3.05) is 38.4 Å². The first-order chi connectivity index (χ1) is 14.6. The molecule has 0 aliphatic rings. The lowest BCUT2D eigenvalue weighted by Gasteiger charge is -2.18. The van der Waals surface area contributed by atoms with Crippen molar-refractivity contribution >= 4 is 55.4 Å². The van der Waals surface area contributed by atoms with Crippen molar-refractivity contribution in [3.05, 3.63) is 34.2 Å². The highest BCUT2D eigenvalue weighted by molar-refractivity contribution is 9.10. The smallest absolute Gasteiger partial charge is 0.287 e. The molecule has 0 aliphatic carbocycles. The fourth-order valence-electron chi connectivity index (χ4n) is 2.42. The van der Waals surface area contributed by atoms with E-state index in [9.17, 15) is 13.5 Å². The second-order valence-electron chi connectivity index (χ2n) is 6.72. The van der Waals surface area contributed by atoms with E-state index in [1.807, 2.05) is 0 Å². The van der Waals surface area contributed by atoms with Crippen LogP contribution < -0.4 is 15.8 Å². The van der Waals surface area contributed by atoms with Crippen molar-refractivity contribution < 1.29 is 18.3 Å². The molecular formula is C18H24BrClN6O4S. The van der Waals surface area contributed by atoms with Crippen LogP contribution in [-0.4, -0.2) is 68.1 Å². The standard InChI is InChI=1S/C18H24BrClN6O4S/c1-26(2)11-23-31(28,29)16-6-5-12(21)8-15(16)30-7-3-4-13(10-27)24-17-14(19)9-22-18(20)25-17/h5-6,8-9,11,13,27H,3-4,7,10,21H2,1-2H3,(H,22,24,25)/b23-11-/t13-/m0/s1. The van der Waals surface area contributed by atoms with Crippen LogP contribution >= 0.6 is 27.5 Å². The Morgan fingerprint density at radius 3 is 2.87 bits per heavy atom. The van der Waals surface area contributed by atoms with Crippen LogP contribution in [0, 0.1) is 0 Å². The molecule has 2 aromatic rings. The highest BCUT2D eigenvalue weighted by atomic mass is 79.9. The van der Waals surface area contributed by atoms with Crippen LogP contribution in [0.1, 0.15) is 12.8 Å². The molecule has 0 amide bonds. The molecule has 13 heteroatoms. The predicted molar refractivity (Wildman–Crippen MR) is 124 cm³/mol. The van der Waals surface area contributed by atoms with E-state index in [-0.39, 0.29) is 35.2 Å². The van der Waals surface area contributed by atoms with Gasteiger partial charge in [-0.3, -0.25) is 0 Å². The number of benzene rings is 1. The number of hydrogen-bond acceptors (Lipinski definition) is 8. The maximum atomic E-state index is 12.5. The molecule has 1 aromatic carbocycles. The Morgan fingerprint density at radius 2 is 2.19 bits per heavy atom. The van der Waals surface area contributed by atoms with Gasteiger partial charge in [0.2, 0.25) is 5.28 Å². The first-order valence-electron chi connectivity index (χ1n) is 9.17. The molecule has 1 heterocycles. The number of aliphatic hydroxyl groups is 1. The minimum Gasteiger partial charge on any atom is -0.492 e. The third-order valence-corrected chi connectivity index (χ3v) is 5.92. The van der Waals surface area contributed by atoms with Gasteiger partial charge in [-0.15, -0.1) is 4.40 Å². The molecular weight excluding hydrogens is 512 g/mol. The number of nitrogens with one attached hydrogen (secondary N) is 1. The Morgan fingerprint density at radius 1 is 1.45 bits per heavy atom. The van der Waals surface area contributed by atoms with Gasteiger partial charge in [0.25, 0.3) is 10.0 Å². The summed E-state index contributed by atoms with van der Waals surface area (Å²) in [6.45, 7) is 0.0540. The van der Waals surface area contributed by atoms with Gasteiger partial charge >= 0.3 is 0 Å². The molecule has 0 spiro atoms. The van der Waals surface area contributed by atoms with Gasteiger partial charge in [0.15, 0.2) is 0 Å². The number of ether oxygens (including phenoxy) is 1. The number of sulfonamides is 1. The van der Waals surface area contributed by atoms with Crippen molar-refractivity contribution in [3.63, 3.8) is 0 Å². The monoisotopic (exact) mass is 534 g/mol. The van der Waals surface area contributed by atoms with Crippen molar-refractivity contribution in [3.8, 4) is 5.75 Å². The average molecular weight is 536 g/mol. The second-order valence-corrected chi connectivity index (χ2v) is 9.51. The maximum absolute atomic E-state index is 12.5. The summed E-state index contributed by atoms with van der Waals surface area (Å²) in [6.07, 6.45) is 3.75. The van der Waals surface area contributed by atoms with Gasteiger partial charge in [-0.05, 0) is 52.5 Å². The van der Waals surface area contributed by atoms with Crippen molar-refractivity contribution in [2.45, 2.75) is 23.8 Å². The quantitative estimate of drug-likeness (QED) is 0.130. The van der Waals surface area contributed by atoms with E-state index in [0.717, 1.165) is 0 Å². The van der Waals surface area contributed by atoms with Crippen LogP contribution in [0.25, 0.3) is 0 Å². The summed E-state index contributed by atoms with van der Waals surface area (Å²) in [6, 6.07) is 3.96. The zero-order valence-electron chi connectivity index (χ0n) is 17.0. The van der Waals surface area contributed by atoms with E-state index < -0.39 is 10.0 Å². The van der Waals surface area contributed by atoms with E-state index >= 15 is 0 Å². The summed E-state index contributed by atoms with van der Waals surface area (Å²) in [4.78, 5) is 9.36. The Hall–Kier alpha value is -2.15. The molecule has 1 aromatic heterocycles. The number of aromatic nitrogens is 2. The third-order valence-electron chi connectivity index (χ3n) is 3.89. The SMILES string of the molecule is CN(C)/C=N\S(=O)(=O)c1ccc(N)cc1OCCC[C@@H](CO)Nc1nc(Cl)ncc1Br. The van der Waals surface area contributed by atoms with E-state index in [1.54, 1.807) is 14.1 Å². The number of nitrogens with two attached hydrogens (primary N) is 1. The highest BCUT2D eigenvalue weighted by Crippen LogP contribution is 2.28. The zero-order valence-corrected chi connectivity index (χ0v) is 20.2. The molecule has 0 unspecified atom stereocenters. The van der Waals surface area contributed by atoms with Crippen molar-refractivity contribution in [2.24, 2.45) is 4.40 Å². The van der Waals surface area contributed by atoms with E-state index in [0.29, 0.717) is 28.8 Å². The largest absolute Gasteiger partial charge is 0.492 e. The van der Waals surface area contributed by atoms with Crippen molar-refractivity contribution in [1.82, 2.24) is 14.9 Å². The topological polar surface area (TPSA) is 143 Å². The Labute approximate surface area is 194 Å². The Balaban J connectivity index is 2.01. The third kappa shape index (κ3) is 7.80. The summed E-state index contributed by atoms with van der Waals surface area (Å²) in [5, 5.41) is 12.8. The highest BCUT2D eigenvalue weighted by Gasteiger charge is 2.19. The molecule has 0 saturated carbocycles. The normalized spacial score (nSPS) is 12.7. The van der Waals surface area contributed by atoms with Crippen LogP contribution in [0.4, 0.5) is 11.5 Å². The first-order valence-corrected chi connectivity index (χ1v) is 11.8. The number of rotatable bonds is 11. The van der Waals surface area contributed by atoms with Crippen LogP contribution in [0.2, 0.25) is 5.28 Å². The van der Waals surface area contributed by atoms with Gasteiger partial charge in [-0.25, -0.2) is 4.98 Å². The number of anilines is 2. The van der Waals surface area contributed by atoms with Gasteiger partial charge in [0.1, 0.15) is 22.8 Å². The van der Waals surface area contributed by atoms with E-state index in [2.05, 4.69) is 35.6 Å². The van der Waals surface area contributed by atoms with Crippen LogP contribution in [0.15, 0.2) is 38.2 Å². The lowest BCUT2D eigenvalue weighted by atomic mass is 10.1. The molecule has 31 heavy (non-hydrogen) atoms. The van der Waals surface area contributed by atoms with Gasteiger partial charge in [0.05, 0.1) is 23.7 Å². The van der Waals surface area contributed by atoms with Crippen LogP contribution in [-0.2, 0) is 10.0 Å². The van der Waals surface area contributed by atoms with Gasteiger partial charge in [0, 0.05) is 32.0 Å². The maximum Gasteiger partial charge on any atom is 0.287 e. The molecule has 0 aliphatic heterocycles. The fourth-order valence-corrected chi connectivity index (χ4v) is 3.90. The summed E-state index contributed by atoms with van der Waals surface area (Å²) in [5.74, 6) is 0.581. The summed E-state index contributed by atoms with van der Waals surface area (Å²) >= 11 is 9.12. The molecule has 170 valence electrons.